The number of amides is 2. The molecule has 0 aliphatic heterocycles. The number of carbonyl (C=O) groups excluding carboxylic acids is 2. The van der Waals surface area contributed by atoms with Crippen molar-refractivity contribution in [2.24, 2.45) is 5.92 Å². The smallest absolute Gasteiger partial charge is 0.242 e. The van der Waals surface area contributed by atoms with E-state index in [9.17, 15) is 9.59 Å². The van der Waals surface area contributed by atoms with Gasteiger partial charge in [0, 0.05) is 19.5 Å². The average molecular weight is 356 g/mol. The topological polar surface area (TPSA) is 53.8 Å². The van der Waals surface area contributed by atoms with Crippen molar-refractivity contribution in [1.82, 2.24) is 9.80 Å². The molecule has 1 heterocycles. The van der Waals surface area contributed by atoms with Crippen molar-refractivity contribution >= 4 is 11.8 Å². The minimum Gasteiger partial charge on any atom is -0.467 e. The molecule has 0 atom stereocenters. The molecule has 1 aromatic carbocycles. The van der Waals surface area contributed by atoms with Gasteiger partial charge in [-0.15, -0.1) is 0 Å². The maximum Gasteiger partial charge on any atom is 0.242 e. The Morgan fingerprint density at radius 1 is 0.962 bits per heavy atom. The van der Waals surface area contributed by atoms with Crippen LogP contribution in [0.1, 0.15) is 38.5 Å². The molecule has 0 unspecified atom stereocenters. The zero-order valence-corrected chi connectivity index (χ0v) is 15.9. The summed E-state index contributed by atoms with van der Waals surface area (Å²) >= 11 is 0. The van der Waals surface area contributed by atoms with Crippen LogP contribution in [0.4, 0.5) is 0 Å². The lowest BCUT2D eigenvalue weighted by Crippen LogP contribution is -2.43. The fourth-order valence-electron chi connectivity index (χ4n) is 2.81. The van der Waals surface area contributed by atoms with E-state index < -0.39 is 0 Å². The number of hydrogen-bond acceptors (Lipinski definition) is 3. The molecule has 0 saturated carbocycles. The van der Waals surface area contributed by atoms with Gasteiger partial charge in [0.1, 0.15) is 5.76 Å². The third-order valence-corrected chi connectivity index (χ3v) is 4.06. The molecule has 1 aromatic heterocycles. The number of nitrogens with zero attached hydrogens (tertiary/aromatic N) is 2. The molecule has 5 heteroatoms. The first-order valence-corrected chi connectivity index (χ1v) is 9.11. The molecule has 5 nitrogen and oxygen atoms in total. The molecule has 140 valence electrons. The van der Waals surface area contributed by atoms with E-state index in [0.29, 0.717) is 32.0 Å². The summed E-state index contributed by atoms with van der Waals surface area (Å²) in [4.78, 5) is 28.6. The van der Waals surface area contributed by atoms with Crippen molar-refractivity contribution in [3.63, 3.8) is 0 Å². The second kappa shape index (κ2) is 9.80. The van der Waals surface area contributed by atoms with Crippen LogP contribution in [0.25, 0.3) is 0 Å². The first kappa shape index (κ1) is 19.8. The van der Waals surface area contributed by atoms with E-state index in [0.717, 1.165) is 11.3 Å². The third-order valence-electron chi connectivity index (χ3n) is 4.06. The lowest BCUT2D eigenvalue weighted by Gasteiger charge is -2.28. The Kier molecular flexibility index (Phi) is 7.45. The van der Waals surface area contributed by atoms with Gasteiger partial charge in [0.2, 0.25) is 11.8 Å². The normalized spacial score (nSPS) is 10.8. The molecule has 0 saturated heterocycles. The largest absolute Gasteiger partial charge is 0.467 e. The van der Waals surface area contributed by atoms with Crippen LogP contribution < -0.4 is 0 Å². The summed E-state index contributed by atoms with van der Waals surface area (Å²) in [5.74, 6) is 0.967. The fraction of sp³-hybridized carbons (Fsp3) is 0.429. The predicted octanol–water partition coefficient (Wildman–Crippen LogP) is 3.70. The van der Waals surface area contributed by atoms with Crippen molar-refractivity contribution in [3.05, 3.63) is 60.1 Å². The van der Waals surface area contributed by atoms with E-state index in [1.54, 1.807) is 16.1 Å². The van der Waals surface area contributed by atoms with Crippen LogP contribution in [0.5, 0.6) is 0 Å². The van der Waals surface area contributed by atoms with E-state index in [1.807, 2.05) is 63.2 Å². The van der Waals surface area contributed by atoms with Crippen molar-refractivity contribution in [2.75, 3.05) is 13.1 Å². The summed E-state index contributed by atoms with van der Waals surface area (Å²) in [6.45, 7) is 7.46. The lowest BCUT2D eigenvalue weighted by atomic mass is 10.2. The molecule has 0 N–H and O–H groups in total. The van der Waals surface area contributed by atoms with E-state index in [-0.39, 0.29) is 18.4 Å². The molecule has 0 fully saturated rings. The average Bonchev–Trinajstić information content (AvgIpc) is 3.13. The molecular formula is C21H28N2O3. The molecule has 0 aliphatic rings. The van der Waals surface area contributed by atoms with Crippen LogP contribution in [0.15, 0.2) is 53.1 Å². The predicted molar refractivity (Wildman–Crippen MR) is 101 cm³/mol. The zero-order valence-electron chi connectivity index (χ0n) is 15.9. The molecule has 2 rings (SSSR count). The quantitative estimate of drug-likeness (QED) is 0.688. The van der Waals surface area contributed by atoms with Gasteiger partial charge in [-0.05, 0) is 23.6 Å². The number of furan rings is 1. The third kappa shape index (κ3) is 6.06. The summed E-state index contributed by atoms with van der Waals surface area (Å²) in [5, 5.41) is 0. The van der Waals surface area contributed by atoms with Crippen molar-refractivity contribution < 1.29 is 14.0 Å². The number of rotatable bonds is 9. The van der Waals surface area contributed by atoms with Crippen molar-refractivity contribution in [2.45, 2.75) is 40.3 Å². The monoisotopic (exact) mass is 356 g/mol. The molecule has 2 amide bonds. The molecule has 26 heavy (non-hydrogen) atoms. The van der Waals surface area contributed by atoms with E-state index in [2.05, 4.69) is 0 Å². The zero-order chi connectivity index (χ0) is 18.9. The van der Waals surface area contributed by atoms with E-state index >= 15 is 0 Å². The van der Waals surface area contributed by atoms with E-state index in [4.69, 9.17) is 4.42 Å². The maximum absolute atomic E-state index is 13.0. The second-order valence-electron chi connectivity index (χ2n) is 6.84. The number of benzene rings is 1. The second-order valence-corrected chi connectivity index (χ2v) is 6.84. The molecule has 0 spiro atoms. The van der Waals surface area contributed by atoms with Crippen LogP contribution in [-0.2, 0) is 22.7 Å². The SMILES string of the molecule is CCC(=O)N(CC(=O)N(Cc1ccccc1)Cc1ccco1)CC(C)C. The first-order valence-electron chi connectivity index (χ1n) is 9.11. The van der Waals surface area contributed by atoms with Gasteiger partial charge in [0.25, 0.3) is 0 Å². The highest BCUT2D eigenvalue weighted by molar-refractivity contribution is 5.84. The summed E-state index contributed by atoms with van der Waals surface area (Å²) in [6.07, 6.45) is 2.00. The standard InChI is InChI=1S/C21H28N2O3/c1-4-20(24)22(13-17(2)3)16-21(25)23(15-19-11-8-12-26-19)14-18-9-6-5-7-10-18/h5-12,17H,4,13-16H2,1-3H3. The summed E-state index contributed by atoms with van der Waals surface area (Å²) in [7, 11) is 0. The Hall–Kier alpha value is -2.56. The first-order chi connectivity index (χ1) is 12.5. The highest BCUT2D eigenvalue weighted by atomic mass is 16.3. The van der Waals surface area contributed by atoms with E-state index in [1.165, 1.54) is 0 Å². The lowest BCUT2D eigenvalue weighted by molar-refractivity contribution is -0.141. The number of hydrogen-bond donors (Lipinski definition) is 0. The van der Waals surface area contributed by atoms with Gasteiger partial charge in [-0.25, -0.2) is 0 Å². The molecule has 0 bridgehead atoms. The molecular weight excluding hydrogens is 328 g/mol. The van der Waals surface area contributed by atoms with Crippen LogP contribution >= 0.6 is 0 Å². The molecule has 0 aliphatic carbocycles. The van der Waals surface area contributed by atoms with Gasteiger partial charge in [-0.3, -0.25) is 9.59 Å². The van der Waals surface area contributed by atoms with Crippen LogP contribution in [-0.4, -0.2) is 34.7 Å². The van der Waals surface area contributed by atoms with Gasteiger partial charge < -0.3 is 14.2 Å². The minimum absolute atomic E-state index is 0.00436. The van der Waals surface area contributed by atoms with Gasteiger partial charge in [-0.1, -0.05) is 51.1 Å². The van der Waals surface area contributed by atoms with Gasteiger partial charge in [0.15, 0.2) is 0 Å². The van der Waals surface area contributed by atoms with Crippen LogP contribution in [0.2, 0.25) is 0 Å². The van der Waals surface area contributed by atoms with Crippen molar-refractivity contribution in [1.29, 1.82) is 0 Å². The fourth-order valence-corrected chi connectivity index (χ4v) is 2.81. The summed E-state index contributed by atoms with van der Waals surface area (Å²) < 4.78 is 5.42. The van der Waals surface area contributed by atoms with Crippen LogP contribution in [0, 0.1) is 5.92 Å². The molecule has 2 aromatic rings. The minimum atomic E-state index is -0.0762. The molecule has 0 radical (unpaired) electrons. The summed E-state index contributed by atoms with van der Waals surface area (Å²) in [6, 6.07) is 13.5. The Labute approximate surface area is 155 Å². The Bertz CT molecular complexity index is 681. The number of carbonyl (C=O) groups is 2. The Morgan fingerprint density at radius 3 is 2.27 bits per heavy atom. The Morgan fingerprint density at radius 2 is 1.69 bits per heavy atom. The Balaban J connectivity index is 2.13. The maximum atomic E-state index is 13.0. The van der Waals surface area contributed by atoms with Crippen LogP contribution in [0.3, 0.4) is 0 Å². The highest BCUT2D eigenvalue weighted by Gasteiger charge is 2.22. The van der Waals surface area contributed by atoms with Crippen molar-refractivity contribution in [3.8, 4) is 0 Å². The van der Waals surface area contributed by atoms with Gasteiger partial charge >= 0.3 is 0 Å². The summed E-state index contributed by atoms with van der Waals surface area (Å²) in [5.41, 5.74) is 1.05. The van der Waals surface area contributed by atoms with Gasteiger partial charge in [0.05, 0.1) is 19.4 Å². The highest BCUT2D eigenvalue weighted by Crippen LogP contribution is 2.12. The van der Waals surface area contributed by atoms with Gasteiger partial charge in [-0.2, -0.15) is 0 Å².